The van der Waals surface area contributed by atoms with Gasteiger partial charge in [0.05, 0.1) is 18.9 Å². The minimum Gasteiger partial charge on any atom is -0.378 e. The molecular weight excluding hydrogens is 390 g/mol. The molecule has 8 heteroatoms. The van der Waals surface area contributed by atoms with E-state index in [4.69, 9.17) is 9.72 Å². The quantitative estimate of drug-likeness (QED) is 0.541. The number of aryl methyl sites for hydroxylation is 1. The van der Waals surface area contributed by atoms with Crippen LogP contribution in [0.25, 0.3) is 10.6 Å². The number of rotatable bonds is 7. The van der Waals surface area contributed by atoms with Gasteiger partial charge in [0, 0.05) is 36.3 Å². The first-order valence-electron chi connectivity index (χ1n) is 9.71. The van der Waals surface area contributed by atoms with Crippen LogP contribution in [0.1, 0.15) is 25.1 Å². The van der Waals surface area contributed by atoms with Gasteiger partial charge in [-0.3, -0.25) is 4.57 Å². The number of morpholine rings is 1. The molecule has 148 valence electrons. The van der Waals surface area contributed by atoms with E-state index in [1.807, 2.05) is 0 Å². The first kappa shape index (κ1) is 19.4. The van der Waals surface area contributed by atoms with Gasteiger partial charge in [0.15, 0.2) is 5.16 Å². The van der Waals surface area contributed by atoms with E-state index < -0.39 is 0 Å². The molecule has 4 rings (SSSR count). The van der Waals surface area contributed by atoms with Crippen LogP contribution in [-0.2, 0) is 23.5 Å². The molecule has 0 amide bonds. The molecule has 0 aliphatic carbocycles. The Labute approximate surface area is 174 Å². The van der Waals surface area contributed by atoms with Crippen molar-refractivity contribution in [1.29, 1.82) is 0 Å². The van der Waals surface area contributed by atoms with Gasteiger partial charge in [-0.15, -0.1) is 21.5 Å². The summed E-state index contributed by atoms with van der Waals surface area (Å²) < 4.78 is 7.63. The molecule has 0 saturated carbocycles. The SMILES string of the molecule is CCc1ccc(-c2nc(CSc3nnc(N4CCOCC4)n3CC)cs2)cc1. The van der Waals surface area contributed by atoms with Gasteiger partial charge in [-0.05, 0) is 18.9 Å². The second-order valence-corrected chi connectivity index (χ2v) is 8.41. The summed E-state index contributed by atoms with van der Waals surface area (Å²) in [5.41, 5.74) is 3.62. The fourth-order valence-corrected chi connectivity index (χ4v) is 5.01. The topological polar surface area (TPSA) is 56.1 Å². The summed E-state index contributed by atoms with van der Waals surface area (Å²) in [5, 5.41) is 13.0. The van der Waals surface area contributed by atoms with E-state index in [0.717, 1.165) is 66.8 Å². The van der Waals surface area contributed by atoms with E-state index >= 15 is 0 Å². The maximum absolute atomic E-state index is 5.45. The van der Waals surface area contributed by atoms with Crippen LogP contribution in [0.15, 0.2) is 34.8 Å². The predicted molar refractivity (Wildman–Crippen MR) is 115 cm³/mol. The summed E-state index contributed by atoms with van der Waals surface area (Å²) in [7, 11) is 0. The third kappa shape index (κ3) is 4.24. The lowest BCUT2D eigenvalue weighted by atomic mass is 10.1. The number of hydrogen-bond acceptors (Lipinski definition) is 7. The standard InChI is InChI=1S/C20H25N5OS2/c1-3-15-5-7-16(8-6-15)18-21-17(13-27-18)14-28-20-23-22-19(25(20)4-2)24-9-11-26-12-10-24/h5-8,13H,3-4,9-12,14H2,1-2H3. The Morgan fingerprint density at radius 3 is 2.61 bits per heavy atom. The zero-order valence-corrected chi connectivity index (χ0v) is 17.9. The zero-order chi connectivity index (χ0) is 19.3. The van der Waals surface area contributed by atoms with Crippen LogP contribution in [0.5, 0.6) is 0 Å². The highest BCUT2D eigenvalue weighted by atomic mass is 32.2. The minimum absolute atomic E-state index is 0.750. The monoisotopic (exact) mass is 415 g/mol. The van der Waals surface area contributed by atoms with Gasteiger partial charge in [-0.2, -0.15) is 0 Å². The van der Waals surface area contributed by atoms with Crippen LogP contribution < -0.4 is 4.90 Å². The molecule has 1 fully saturated rings. The lowest BCUT2D eigenvalue weighted by Crippen LogP contribution is -2.38. The maximum Gasteiger partial charge on any atom is 0.228 e. The van der Waals surface area contributed by atoms with Crippen LogP contribution in [0.3, 0.4) is 0 Å². The molecule has 2 aromatic heterocycles. The van der Waals surface area contributed by atoms with E-state index in [0.29, 0.717) is 0 Å². The number of thiazole rings is 1. The van der Waals surface area contributed by atoms with Crippen molar-refractivity contribution in [3.63, 3.8) is 0 Å². The first-order valence-corrected chi connectivity index (χ1v) is 11.6. The molecule has 0 atom stereocenters. The molecule has 0 bridgehead atoms. The van der Waals surface area contributed by atoms with Crippen LogP contribution in [0.2, 0.25) is 0 Å². The number of ether oxygens (including phenoxy) is 1. The third-order valence-corrected chi connectivity index (χ3v) is 6.76. The number of anilines is 1. The Balaban J connectivity index is 1.43. The zero-order valence-electron chi connectivity index (χ0n) is 16.3. The van der Waals surface area contributed by atoms with Crippen molar-refractivity contribution in [2.24, 2.45) is 0 Å². The summed E-state index contributed by atoms with van der Waals surface area (Å²) >= 11 is 3.40. The number of hydrogen-bond donors (Lipinski definition) is 0. The Morgan fingerprint density at radius 1 is 1.11 bits per heavy atom. The van der Waals surface area contributed by atoms with Crippen molar-refractivity contribution < 1.29 is 4.74 Å². The van der Waals surface area contributed by atoms with Crippen molar-refractivity contribution in [3.8, 4) is 10.6 Å². The molecule has 6 nitrogen and oxygen atoms in total. The fraction of sp³-hybridized carbons (Fsp3) is 0.450. The van der Waals surface area contributed by atoms with E-state index in [1.165, 1.54) is 11.1 Å². The van der Waals surface area contributed by atoms with Crippen molar-refractivity contribution in [1.82, 2.24) is 19.7 Å². The summed E-state index contributed by atoms with van der Waals surface area (Å²) in [6.07, 6.45) is 1.06. The average molecular weight is 416 g/mol. The van der Waals surface area contributed by atoms with Crippen LogP contribution >= 0.6 is 23.1 Å². The van der Waals surface area contributed by atoms with E-state index in [2.05, 4.69) is 63.2 Å². The molecule has 1 saturated heterocycles. The molecule has 3 aromatic rings. The summed E-state index contributed by atoms with van der Waals surface area (Å²) in [5.74, 6) is 1.74. The second kappa shape index (κ2) is 9.07. The highest BCUT2D eigenvalue weighted by molar-refractivity contribution is 7.98. The normalized spacial score (nSPS) is 14.6. The molecule has 0 unspecified atom stereocenters. The molecular formula is C20H25N5OS2. The molecule has 1 aliphatic rings. The Bertz CT molecular complexity index is 900. The van der Waals surface area contributed by atoms with Crippen molar-refractivity contribution in [2.45, 2.75) is 37.7 Å². The van der Waals surface area contributed by atoms with Crippen molar-refractivity contribution in [3.05, 3.63) is 40.9 Å². The van der Waals surface area contributed by atoms with E-state index in [-0.39, 0.29) is 0 Å². The lowest BCUT2D eigenvalue weighted by Gasteiger charge is -2.27. The van der Waals surface area contributed by atoms with Gasteiger partial charge in [-0.25, -0.2) is 4.98 Å². The van der Waals surface area contributed by atoms with E-state index in [1.54, 1.807) is 23.1 Å². The molecule has 0 N–H and O–H groups in total. The summed E-state index contributed by atoms with van der Waals surface area (Å²) in [4.78, 5) is 7.07. The Kier molecular flexibility index (Phi) is 6.29. The highest BCUT2D eigenvalue weighted by Gasteiger charge is 2.20. The minimum atomic E-state index is 0.750. The first-order chi connectivity index (χ1) is 13.8. The van der Waals surface area contributed by atoms with Gasteiger partial charge >= 0.3 is 0 Å². The van der Waals surface area contributed by atoms with Gasteiger partial charge in [-0.1, -0.05) is 43.0 Å². The maximum atomic E-state index is 5.45. The van der Waals surface area contributed by atoms with Gasteiger partial charge in [0.25, 0.3) is 0 Å². The lowest BCUT2D eigenvalue weighted by molar-refractivity contribution is 0.121. The Morgan fingerprint density at radius 2 is 1.89 bits per heavy atom. The number of aromatic nitrogens is 4. The van der Waals surface area contributed by atoms with Gasteiger partial charge in [0.1, 0.15) is 5.01 Å². The largest absolute Gasteiger partial charge is 0.378 e. The van der Waals surface area contributed by atoms with Gasteiger partial charge in [0.2, 0.25) is 5.95 Å². The third-order valence-electron chi connectivity index (χ3n) is 4.82. The van der Waals surface area contributed by atoms with Crippen LogP contribution in [0.4, 0.5) is 5.95 Å². The van der Waals surface area contributed by atoms with Crippen molar-refractivity contribution in [2.75, 3.05) is 31.2 Å². The van der Waals surface area contributed by atoms with Crippen molar-refractivity contribution >= 4 is 29.0 Å². The molecule has 1 aliphatic heterocycles. The molecule has 0 radical (unpaired) electrons. The molecule has 1 aromatic carbocycles. The molecule has 28 heavy (non-hydrogen) atoms. The van der Waals surface area contributed by atoms with E-state index in [9.17, 15) is 0 Å². The van der Waals surface area contributed by atoms with Gasteiger partial charge < -0.3 is 9.64 Å². The molecule has 3 heterocycles. The number of nitrogens with zero attached hydrogens (tertiary/aromatic N) is 5. The summed E-state index contributed by atoms with van der Waals surface area (Å²) in [6.45, 7) is 8.41. The second-order valence-electron chi connectivity index (χ2n) is 6.61. The number of benzene rings is 1. The predicted octanol–water partition coefficient (Wildman–Crippen LogP) is 4.11. The Hall–Kier alpha value is -1.90. The number of thioether (sulfide) groups is 1. The highest BCUT2D eigenvalue weighted by Crippen LogP contribution is 2.29. The van der Waals surface area contributed by atoms with Crippen LogP contribution in [-0.4, -0.2) is 46.1 Å². The fourth-order valence-electron chi connectivity index (χ4n) is 3.19. The smallest absolute Gasteiger partial charge is 0.228 e. The van der Waals surface area contributed by atoms with Crippen LogP contribution in [0, 0.1) is 0 Å². The molecule has 0 spiro atoms. The summed E-state index contributed by atoms with van der Waals surface area (Å²) in [6, 6.07) is 8.69. The average Bonchev–Trinajstić information content (AvgIpc) is 3.39.